The number of nitrogens with one attached hydrogen (secondary N) is 1. The minimum absolute atomic E-state index is 0.141. The van der Waals surface area contributed by atoms with E-state index in [2.05, 4.69) is 5.32 Å². The molecule has 0 spiro atoms. The number of carbonyl (C=O) groups excluding carboxylic acids is 1. The Morgan fingerprint density at radius 3 is 2.56 bits per heavy atom. The molecule has 0 bridgehead atoms. The summed E-state index contributed by atoms with van der Waals surface area (Å²) in [5.41, 5.74) is 0.671. The van der Waals surface area contributed by atoms with Gasteiger partial charge in [-0.3, -0.25) is 4.79 Å². The molecule has 1 N–H and O–H groups in total. The number of carbonyl (C=O) groups is 1. The monoisotopic (exact) mass is 462 g/mol. The maximum absolute atomic E-state index is 12.9. The lowest BCUT2D eigenvalue weighted by Gasteiger charge is -2.26. The van der Waals surface area contributed by atoms with Crippen molar-refractivity contribution in [2.75, 3.05) is 40.0 Å². The smallest absolute Gasteiger partial charge is 0.243 e. The quantitative estimate of drug-likeness (QED) is 0.582. The Morgan fingerprint density at radius 1 is 1.16 bits per heavy atom. The molecule has 1 atom stereocenters. The Bertz CT molecular complexity index is 991. The number of nitrogens with zero attached hydrogens (tertiary/aromatic N) is 1. The average molecular weight is 463 g/mol. The number of rotatable bonds is 10. The van der Waals surface area contributed by atoms with Crippen LogP contribution in [0.4, 0.5) is 0 Å². The molecule has 0 saturated carbocycles. The number of amides is 1. The molecule has 3 rings (SSSR count). The summed E-state index contributed by atoms with van der Waals surface area (Å²) in [5.74, 6) is 1.16. The van der Waals surface area contributed by atoms with E-state index in [0.717, 1.165) is 5.75 Å². The highest BCUT2D eigenvalue weighted by atomic mass is 32.2. The molecule has 0 aliphatic carbocycles. The number of ether oxygens (including phenoxy) is 3. The lowest BCUT2D eigenvalue weighted by Crippen LogP contribution is -2.40. The van der Waals surface area contributed by atoms with Gasteiger partial charge in [0.2, 0.25) is 15.9 Å². The van der Waals surface area contributed by atoms with Crippen molar-refractivity contribution in [3.8, 4) is 11.5 Å². The first kappa shape index (κ1) is 24.0. The Morgan fingerprint density at radius 2 is 1.88 bits per heavy atom. The average Bonchev–Trinajstić information content (AvgIpc) is 2.82. The first-order chi connectivity index (χ1) is 15.4. The van der Waals surface area contributed by atoms with Gasteiger partial charge in [0.15, 0.2) is 0 Å². The van der Waals surface area contributed by atoms with Gasteiger partial charge in [0.25, 0.3) is 0 Å². The second-order valence-corrected chi connectivity index (χ2v) is 9.52. The van der Waals surface area contributed by atoms with E-state index in [-0.39, 0.29) is 23.3 Å². The minimum Gasteiger partial charge on any atom is -0.496 e. The van der Waals surface area contributed by atoms with Crippen molar-refractivity contribution < 1.29 is 27.4 Å². The summed E-state index contributed by atoms with van der Waals surface area (Å²) < 4.78 is 43.6. The summed E-state index contributed by atoms with van der Waals surface area (Å²) in [6, 6.07) is 14.0. The predicted octanol–water partition coefficient (Wildman–Crippen LogP) is 2.23. The number of benzene rings is 2. The number of sulfonamides is 1. The summed E-state index contributed by atoms with van der Waals surface area (Å²) >= 11 is 0. The van der Waals surface area contributed by atoms with Crippen molar-refractivity contribution in [1.82, 2.24) is 9.62 Å². The third kappa shape index (κ3) is 6.44. The number of para-hydroxylation sites is 1. The van der Waals surface area contributed by atoms with Crippen LogP contribution in [-0.4, -0.2) is 64.7 Å². The van der Waals surface area contributed by atoms with Gasteiger partial charge in [-0.1, -0.05) is 18.2 Å². The molecule has 32 heavy (non-hydrogen) atoms. The Hall–Kier alpha value is -2.62. The van der Waals surface area contributed by atoms with E-state index < -0.39 is 10.0 Å². The fourth-order valence-electron chi connectivity index (χ4n) is 3.42. The largest absolute Gasteiger partial charge is 0.496 e. The fraction of sp³-hybridized carbons (Fsp3) is 0.435. The zero-order valence-corrected chi connectivity index (χ0v) is 19.3. The molecule has 0 unspecified atom stereocenters. The number of hydrogen-bond donors (Lipinski definition) is 1. The highest BCUT2D eigenvalue weighted by molar-refractivity contribution is 7.89. The summed E-state index contributed by atoms with van der Waals surface area (Å²) in [6.45, 7) is 3.65. The summed E-state index contributed by atoms with van der Waals surface area (Å²) in [5, 5.41) is 2.91. The molecule has 1 aliphatic rings. The first-order valence-electron chi connectivity index (χ1n) is 10.6. The highest BCUT2D eigenvalue weighted by Gasteiger charge is 2.27. The molecule has 174 valence electrons. The van der Waals surface area contributed by atoms with Crippen LogP contribution in [0.25, 0.3) is 0 Å². The Balaban J connectivity index is 1.58. The molecule has 9 heteroatoms. The third-order valence-electron chi connectivity index (χ3n) is 5.13. The number of hydrogen-bond acceptors (Lipinski definition) is 6. The predicted molar refractivity (Wildman–Crippen MR) is 120 cm³/mol. The second-order valence-electron chi connectivity index (χ2n) is 7.58. The standard InChI is InChI=1S/C23H30N2O6S/c1-18(17-31-20-6-4-3-5-7-20)24-23(26)11-8-19-16-21(9-10-22(19)29-2)32(27,28)25-12-14-30-15-13-25/h3-7,9-10,16,18H,8,11-15,17H2,1-2H3,(H,24,26)/t18-/m1/s1. The van der Waals surface area contributed by atoms with Crippen molar-refractivity contribution in [2.45, 2.75) is 30.7 Å². The first-order valence-corrected chi connectivity index (χ1v) is 12.1. The van der Waals surface area contributed by atoms with E-state index >= 15 is 0 Å². The van der Waals surface area contributed by atoms with E-state index in [1.54, 1.807) is 12.1 Å². The van der Waals surface area contributed by atoms with E-state index in [9.17, 15) is 13.2 Å². The van der Waals surface area contributed by atoms with Crippen molar-refractivity contribution in [3.05, 3.63) is 54.1 Å². The second kappa shape index (κ2) is 11.3. The maximum Gasteiger partial charge on any atom is 0.243 e. The van der Waals surface area contributed by atoms with Crippen molar-refractivity contribution in [1.29, 1.82) is 0 Å². The topological polar surface area (TPSA) is 94.2 Å². The van der Waals surface area contributed by atoms with Gasteiger partial charge in [0, 0.05) is 19.5 Å². The molecular weight excluding hydrogens is 432 g/mol. The molecule has 2 aromatic rings. The molecular formula is C23H30N2O6S. The van der Waals surface area contributed by atoms with Gasteiger partial charge in [-0.25, -0.2) is 8.42 Å². The minimum atomic E-state index is -3.62. The molecule has 1 fully saturated rings. The van der Waals surface area contributed by atoms with Gasteiger partial charge < -0.3 is 19.5 Å². The fourth-order valence-corrected chi connectivity index (χ4v) is 4.88. The lowest BCUT2D eigenvalue weighted by atomic mass is 10.1. The number of aryl methyl sites for hydroxylation is 1. The van der Waals surface area contributed by atoms with E-state index in [4.69, 9.17) is 14.2 Å². The maximum atomic E-state index is 12.9. The van der Waals surface area contributed by atoms with Crippen molar-refractivity contribution >= 4 is 15.9 Å². The van der Waals surface area contributed by atoms with Crippen LogP contribution < -0.4 is 14.8 Å². The van der Waals surface area contributed by atoms with Crippen LogP contribution in [0.5, 0.6) is 11.5 Å². The van der Waals surface area contributed by atoms with Crippen molar-refractivity contribution in [2.24, 2.45) is 0 Å². The van der Waals surface area contributed by atoms with Gasteiger partial charge in [-0.05, 0) is 49.2 Å². The normalized spacial score (nSPS) is 15.7. The summed E-state index contributed by atoms with van der Waals surface area (Å²) in [4.78, 5) is 12.6. The lowest BCUT2D eigenvalue weighted by molar-refractivity contribution is -0.121. The Kier molecular flexibility index (Phi) is 8.49. The molecule has 0 aromatic heterocycles. The number of methoxy groups -OCH3 is 1. The third-order valence-corrected chi connectivity index (χ3v) is 7.03. The Labute approximate surface area is 189 Å². The summed E-state index contributed by atoms with van der Waals surface area (Å²) in [6.07, 6.45) is 0.556. The van der Waals surface area contributed by atoms with Gasteiger partial charge in [-0.15, -0.1) is 0 Å². The molecule has 2 aromatic carbocycles. The van der Waals surface area contributed by atoms with Crippen LogP contribution >= 0.6 is 0 Å². The van der Waals surface area contributed by atoms with Crippen LogP contribution in [0.1, 0.15) is 18.9 Å². The summed E-state index contributed by atoms with van der Waals surface area (Å²) in [7, 11) is -2.09. The van der Waals surface area contributed by atoms with Gasteiger partial charge in [0.1, 0.15) is 18.1 Å². The van der Waals surface area contributed by atoms with E-state index in [1.807, 2.05) is 37.3 Å². The van der Waals surface area contributed by atoms with E-state index in [1.165, 1.54) is 17.5 Å². The zero-order valence-electron chi connectivity index (χ0n) is 18.5. The molecule has 1 aliphatic heterocycles. The van der Waals surface area contributed by atoms with Crippen LogP contribution in [0.3, 0.4) is 0 Å². The highest BCUT2D eigenvalue weighted by Crippen LogP contribution is 2.26. The molecule has 0 radical (unpaired) electrons. The molecule has 8 nitrogen and oxygen atoms in total. The van der Waals surface area contributed by atoms with Gasteiger partial charge in [0.05, 0.1) is 31.3 Å². The zero-order chi connectivity index (χ0) is 23.0. The van der Waals surface area contributed by atoms with Gasteiger partial charge >= 0.3 is 0 Å². The van der Waals surface area contributed by atoms with E-state index in [0.29, 0.717) is 50.6 Å². The van der Waals surface area contributed by atoms with Crippen LogP contribution in [0.2, 0.25) is 0 Å². The SMILES string of the molecule is COc1ccc(S(=O)(=O)N2CCOCC2)cc1CCC(=O)N[C@H](C)COc1ccccc1. The molecule has 1 heterocycles. The number of morpholine rings is 1. The van der Waals surface area contributed by atoms with Crippen LogP contribution in [-0.2, 0) is 26.0 Å². The van der Waals surface area contributed by atoms with Crippen LogP contribution in [0, 0.1) is 0 Å². The molecule has 1 amide bonds. The van der Waals surface area contributed by atoms with Gasteiger partial charge in [-0.2, -0.15) is 4.31 Å². The van der Waals surface area contributed by atoms with Crippen molar-refractivity contribution in [3.63, 3.8) is 0 Å². The molecule has 1 saturated heterocycles. The van der Waals surface area contributed by atoms with Crippen LogP contribution in [0.15, 0.2) is 53.4 Å².